The highest BCUT2D eigenvalue weighted by molar-refractivity contribution is 9.10. The van der Waals surface area contributed by atoms with Crippen molar-refractivity contribution >= 4 is 27.5 Å². The van der Waals surface area contributed by atoms with Crippen molar-refractivity contribution in [3.8, 4) is 0 Å². The molecule has 4 heteroatoms. The van der Waals surface area contributed by atoms with Gasteiger partial charge in [-0.15, -0.1) is 0 Å². The van der Waals surface area contributed by atoms with Gasteiger partial charge in [0.1, 0.15) is 5.84 Å². The first-order valence-corrected chi connectivity index (χ1v) is 5.34. The maximum atomic E-state index is 4.14. The van der Waals surface area contributed by atoms with Crippen LogP contribution in [0.15, 0.2) is 33.7 Å². The second-order valence-corrected chi connectivity index (χ2v) is 4.08. The Labute approximate surface area is 91.9 Å². The standard InChI is InChI=1S/C10H12BrN3/c1-12-10-5-6-14(13-10)9-4-2-3-8(11)7-9/h2-4,7H,5-6H2,1H3,(H,12,13). The Morgan fingerprint density at radius 2 is 2.36 bits per heavy atom. The second-order valence-electron chi connectivity index (χ2n) is 3.16. The lowest BCUT2D eigenvalue weighted by Crippen LogP contribution is -2.32. The first-order valence-electron chi connectivity index (χ1n) is 4.55. The van der Waals surface area contributed by atoms with E-state index in [1.54, 1.807) is 0 Å². The van der Waals surface area contributed by atoms with Crippen molar-refractivity contribution in [3.05, 3.63) is 28.7 Å². The molecule has 1 fully saturated rings. The van der Waals surface area contributed by atoms with Crippen LogP contribution in [0.4, 0.5) is 5.69 Å². The summed E-state index contributed by atoms with van der Waals surface area (Å²) >= 11 is 3.46. The van der Waals surface area contributed by atoms with Crippen LogP contribution in [0.1, 0.15) is 6.42 Å². The molecule has 0 unspecified atom stereocenters. The summed E-state index contributed by atoms with van der Waals surface area (Å²) in [6.45, 7) is 0.975. The second kappa shape index (κ2) is 4.00. The Balaban J connectivity index is 2.17. The molecule has 2 rings (SSSR count). The van der Waals surface area contributed by atoms with Crippen LogP contribution in [-0.2, 0) is 0 Å². The fourth-order valence-electron chi connectivity index (χ4n) is 1.48. The summed E-state index contributed by atoms with van der Waals surface area (Å²) in [6, 6.07) is 8.22. The Morgan fingerprint density at radius 3 is 3.00 bits per heavy atom. The van der Waals surface area contributed by atoms with Crippen molar-refractivity contribution in [2.24, 2.45) is 4.99 Å². The van der Waals surface area contributed by atoms with Gasteiger partial charge in [0.2, 0.25) is 0 Å². The summed E-state index contributed by atoms with van der Waals surface area (Å²) in [5, 5.41) is 2.10. The number of hydrazine groups is 1. The molecule has 1 saturated heterocycles. The zero-order valence-corrected chi connectivity index (χ0v) is 9.58. The molecular weight excluding hydrogens is 242 g/mol. The summed E-state index contributed by atoms with van der Waals surface area (Å²) in [5.41, 5.74) is 4.41. The third-order valence-electron chi connectivity index (χ3n) is 2.23. The van der Waals surface area contributed by atoms with Gasteiger partial charge in [-0.1, -0.05) is 22.0 Å². The van der Waals surface area contributed by atoms with Crippen molar-refractivity contribution in [3.63, 3.8) is 0 Å². The van der Waals surface area contributed by atoms with Gasteiger partial charge in [0.05, 0.1) is 5.69 Å². The summed E-state index contributed by atoms with van der Waals surface area (Å²) in [5.74, 6) is 1.05. The van der Waals surface area contributed by atoms with E-state index in [1.165, 1.54) is 0 Å². The zero-order valence-electron chi connectivity index (χ0n) is 8.00. The van der Waals surface area contributed by atoms with Crippen molar-refractivity contribution in [1.82, 2.24) is 5.43 Å². The molecule has 0 aromatic heterocycles. The molecular formula is C10H12BrN3. The fraction of sp³-hybridized carbons (Fsp3) is 0.300. The maximum Gasteiger partial charge on any atom is 0.116 e. The lowest BCUT2D eigenvalue weighted by Gasteiger charge is -2.17. The number of nitrogens with zero attached hydrogens (tertiary/aromatic N) is 2. The van der Waals surface area contributed by atoms with E-state index >= 15 is 0 Å². The van der Waals surface area contributed by atoms with E-state index in [0.29, 0.717) is 0 Å². The molecule has 0 saturated carbocycles. The number of nitrogens with one attached hydrogen (secondary N) is 1. The van der Waals surface area contributed by atoms with Crippen LogP contribution in [0.2, 0.25) is 0 Å². The Kier molecular flexibility index (Phi) is 2.72. The molecule has 1 aromatic carbocycles. The smallest absolute Gasteiger partial charge is 0.116 e. The highest BCUT2D eigenvalue weighted by Crippen LogP contribution is 2.20. The van der Waals surface area contributed by atoms with Crippen molar-refractivity contribution < 1.29 is 0 Å². The van der Waals surface area contributed by atoms with Crippen LogP contribution in [0.3, 0.4) is 0 Å². The van der Waals surface area contributed by atoms with Crippen LogP contribution < -0.4 is 10.4 Å². The Bertz CT molecular complexity index is 362. The lowest BCUT2D eigenvalue weighted by atomic mass is 10.3. The van der Waals surface area contributed by atoms with Gasteiger partial charge in [0, 0.05) is 24.5 Å². The van der Waals surface area contributed by atoms with Crippen LogP contribution in [-0.4, -0.2) is 19.4 Å². The number of hydrogen-bond acceptors (Lipinski definition) is 2. The number of aliphatic imine (C=N–C) groups is 1. The number of benzene rings is 1. The van der Waals surface area contributed by atoms with E-state index in [9.17, 15) is 0 Å². The number of amidine groups is 1. The van der Waals surface area contributed by atoms with Crippen LogP contribution >= 0.6 is 15.9 Å². The minimum absolute atomic E-state index is 0.975. The maximum absolute atomic E-state index is 4.14. The van der Waals surface area contributed by atoms with E-state index in [2.05, 4.69) is 43.5 Å². The van der Waals surface area contributed by atoms with E-state index in [0.717, 1.165) is 29.0 Å². The zero-order chi connectivity index (χ0) is 9.97. The molecule has 0 atom stereocenters. The van der Waals surface area contributed by atoms with Gasteiger partial charge in [-0.25, -0.2) is 0 Å². The summed E-state index contributed by atoms with van der Waals surface area (Å²) in [7, 11) is 1.81. The van der Waals surface area contributed by atoms with Crippen LogP contribution in [0, 0.1) is 0 Å². The molecule has 14 heavy (non-hydrogen) atoms. The van der Waals surface area contributed by atoms with Gasteiger partial charge in [-0.2, -0.15) is 0 Å². The predicted octanol–water partition coefficient (Wildman–Crippen LogP) is 2.19. The van der Waals surface area contributed by atoms with Gasteiger partial charge in [-0.05, 0) is 18.2 Å². The average Bonchev–Trinajstić information content (AvgIpc) is 2.66. The molecule has 1 aliphatic rings. The van der Waals surface area contributed by atoms with E-state index in [4.69, 9.17) is 0 Å². The number of rotatable bonds is 1. The summed E-state index contributed by atoms with van der Waals surface area (Å²) < 4.78 is 1.10. The van der Waals surface area contributed by atoms with Gasteiger partial charge in [-0.3, -0.25) is 15.4 Å². The fourth-order valence-corrected chi connectivity index (χ4v) is 1.87. The Morgan fingerprint density at radius 1 is 1.50 bits per heavy atom. The average molecular weight is 254 g/mol. The van der Waals surface area contributed by atoms with E-state index < -0.39 is 0 Å². The molecule has 1 aliphatic heterocycles. The minimum atomic E-state index is 0.975. The number of anilines is 1. The summed E-state index contributed by atoms with van der Waals surface area (Å²) in [4.78, 5) is 4.14. The first-order chi connectivity index (χ1) is 6.79. The normalized spacial score (nSPS) is 18.7. The van der Waals surface area contributed by atoms with Crippen molar-refractivity contribution in [1.29, 1.82) is 0 Å². The van der Waals surface area contributed by atoms with E-state index in [-0.39, 0.29) is 0 Å². The highest BCUT2D eigenvalue weighted by Gasteiger charge is 2.16. The molecule has 74 valence electrons. The molecule has 0 amide bonds. The molecule has 3 nitrogen and oxygen atoms in total. The minimum Gasteiger partial charge on any atom is -0.286 e. The van der Waals surface area contributed by atoms with Crippen LogP contribution in [0.5, 0.6) is 0 Å². The SMILES string of the molecule is CN=C1CCN(c2cccc(Br)c2)N1. The predicted molar refractivity (Wildman–Crippen MR) is 62.6 cm³/mol. The largest absolute Gasteiger partial charge is 0.286 e. The molecule has 1 N–H and O–H groups in total. The highest BCUT2D eigenvalue weighted by atomic mass is 79.9. The first kappa shape index (κ1) is 9.52. The molecule has 0 bridgehead atoms. The van der Waals surface area contributed by atoms with Crippen molar-refractivity contribution in [2.45, 2.75) is 6.42 Å². The van der Waals surface area contributed by atoms with E-state index in [1.807, 2.05) is 19.2 Å². The van der Waals surface area contributed by atoms with Crippen molar-refractivity contribution in [2.75, 3.05) is 18.6 Å². The van der Waals surface area contributed by atoms with Gasteiger partial charge in [0.15, 0.2) is 0 Å². The molecule has 0 aliphatic carbocycles. The van der Waals surface area contributed by atoms with Gasteiger partial charge >= 0.3 is 0 Å². The molecule has 0 radical (unpaired) electrons. The monoisotopic (exact) mass is 253 g/mol. The molecule has 1 heterocycles. The van der Waals surface area contributed by atoms with Crippen LogP contribution in [0.25, 0.3) is 0 Å². The number of halogens is 1. The summed E-state index contributed by atoms with van der Waals surface area (Å²) in [6.07, 6.45) is 0.989. The third-order valence-corrected chi connectivity index (χ3v) is 2.72. The molecule has 0 spiro atoms. The number of hydrogen-bond donors (Lipinski definition) is 1. The van der Waals surface area contributed by atoms with Gasteiger partial charge in [0.25, 0.3) is 0 Å². The topological polar surface area (TPSA) is 27.6 Å². The quantitative estimate of drug-likeness (QED) is 0.831. The lowest BCUT2D eigenvalue weighted by molar-refractivity contribution is 0.857. The van der Waals surface area contributed by atoms with Gasteiger partial charge < -0.3 is 0 Å². The third kappa shape index (κ3) is 1.90. The Hall–Kier alpha value is -1.03. The molecule has 1 aromatic rings.